The van der Waals surface area contributed by atoms with Crippen molar-refractivity contribution in [2.45, 2.75) is 51.5 Å². The van der Waals surface area contributed by atoms with Crippen molar-refractivity contribution in [3.05, 3.63) is 0 Å². The predicted molar refractivity (Wildman–Crippen MR) is 78.2 cm³/mol. The summed E-state index contributed by atoms with van der Waals surface area (Å²) in [5, 5.41) is 6.30. The Kier molecular flexibility index (Phi) is 5.83. The highest BCUT2D eigenvalue weighted by Gasteiger charge is 2.25. The summed E-state index contributed by atoms with van der Waals surface area (Å²) in [4.78, 5) is 26.1. The molecule has 1 saturated carbocycles. The van der Waals surface area contributed by atoms with Crippen molar-refractivity contribution in [2.24, 2.45) is 5.92 Å². The third kappa shape index (κ3) is 4.47. The third-order valence-electron chi connectivity index (χ3n) is 4.29. The number of hydrogen-bond donors (Lipinski definition) is 2. The van der Waals surface area contributed by atoms with Crippen LogP contribution in [-0.2, 0) is 9.59 Å². The van der Waals surface area contributed by atoms with Gasteiger partial charge in [0.15, 0.2) is 0 Å². The number of rotatable bonds is 4. The lowest BCUT2D eigenvalue weighted by Crippen LogP contribution is -2.42. The molecule has 0 aromatic carbocycles. The van der Waals surface area contributed by atoms with E-state index >= 15 is 0 Å². The summed E-state index contributed by atoms with van der Waals surface area (Å²) in [6.45, 7) is 5.39. The maximum Gasteiger partial charge on any atom is 0.224 e. The highest BCUT2D eigenvalue weighted by atomic mass is 16.2. The highest BCUT2D eigenvalue weighted by Crippen LogP contribution is 2.24. The van der Waals surface area contributed by atoms with E-state index in [-0.39, 0.29) is 23.8 Å². The van der Waals surface area contributed by atoms with E-state index < -0.39 is 0 Å². The van der Waals surface area contributed by atoms with Gasteiger partial charge in [-0.15, -0.1) is 0 Å². The van der Waals surface area contributed by atoms with Crippen LogP contribution in [-0.4, -0.2) is 48.9 Å². The summed E-state index contributed by atoms with van der Waals surface area (Å²) in [6.07, 6.45) is 5.75. The smallest absolute Gasteiger partial charge is 0.224 e. The average Bonchev–Trinajstić information content (AvgIpc) is 2.81. The first-order valence-corrected chi connectivity index (χ1v) is 7.95. The second kappa shape index (κ2) is 7.62. The molecule has 2 N–H and O–H groups in total. The third-order valence-corrected chi connectivity index (χ3v) is 4.29. The van der Waals surface area contributed by atoms with Gasteiger partial charge < -0.3 is 15.5 Å². The monoisotopic (exact) mass is 281 g/mol. The largest absolute Gasteiger partial charge is 0.353 e. The average molecular weight is 281 g/mol. The molecular formula is C15H27N3O2. The van der Waals surface area contributed by atoms with E-state index in [1.807, 2.05) is 11.8 Å². The van der Waals surface area contributed by atoms with Gasteiger partial charge in [0.1, 0.15) is 0 Å². The molecule has 0 spiro atoms. The molecule has 114 valence electrons. The molecule has 1 aliphatic heterocycles. The van der Waals surface area contributed by atoms with Gasteiger partial charge in [0.2, 0.25) is 11.8 Å². The lowest BCUT2D eigenvalue weighted by atomic mass is 10.1. The summed E-state index contributed by atoms with van der Waals surface area (Å²) in [7, 11) is 0. The lowest BCUT2D eigenvalue weighted by molar-refractivity contribution is -0.132. The van der Waals surface area contributed by atoms with Gasteiger partial charge in [-0.2, -0.15) is 0 Å². The molecule has 5 heteroatoms. The minimum Gasteiger partial charge on any atom is -0.353 e. The van der Waals surface area contributed by atoms with E-state index in [1.54, 1.807) is 0 Å². The molecule has 1 saturated heterocycles. The van der Waals surface area contributed by atoms with Gasteiger partial charge in [0.05, 0.1) is 0 Å². The summed E-state index contributed by atoms with van der Waals surface area (Å²) >= 11 is 0. The number of hydrogen-bond acceptors (Lipinski definition) is 3. The first-order chi connectivity index (χ1) is 9.66. The van der Waals surface area contributed by atoms with Gasteiger partial charge in [-0.25, -0.2) is 0 Å². The van der Waals surface area contributed by atoms with E-state index in [1.165, 1.54) is 0 Å². The Hall–Kier alpha value is -1.10. The van der Waals surface area contributed by atoms with Crippen molar-refractivity contribution in [1.29, 1.82) is 0 Å². The number of carbonyl (C=O) groups is 2. The topological polar surface area (TPSA) is 61.4 Å². The molecule has 2 fully saturated rings. The van der Waals surface area contributed by atoms with Crippen molar-refractivity contribution in [3.8, 4) is 0 Å². The summed E-state index contributed by atoms with van der Waals surface area (Å²) in [5.74, 6) is 0.475. The zero-order valence-electron chi connectivity index (χ0n) is 12.5. The van der Waals surface area contributed by atoms with Crippen molar-refractivity contribution in [3.63, 3.8) is 0 Å². The maximum absolute atomic E-state index is 12.2. The molecule has 5 nitrogen and oxygen atoms in total. The molecule has 2 rings (SSSR count). The van der Waals surface area contributed by atoms with Crippen LogP contribution in [0.2, 0.25) is 0 Å². The fraction of sp³-hybridized carbons (Fsp3) is 0.867. The Morgan fingerprint density at radius 1 is 1.20 bits per heavy atom. The molecule has 1 unspecified atom stereocenters. The zero-order chi connectivity index (χ0) is 14.4. The zero-order valence-corrected chi connectivity index (χ0v) is 12.5. The second-order valence-electron chi connectivity index (χ2n) is 6.08. The number of amides is 2. The lowest BCUT2D eigenvalue weighted by Gasteiger charge is -2.23. The molecular weight excluding hydrogens is 254 g/mol. The quantitative estimate of drug-likeness (QED) is 0.804. The van der Waals surface area contributed by atoms with E-state index in [4.69, 9.17) is 0 Å². The SMILES string of the molecule is CC(CC(=O)N1CCCNCC1)NC(=O)C1CCCC1. The first-order valence-electron chi connectivity index (χ1n) is 7.95. The van der Waals surface area contributed by atoms with Crippen molar-refractivity contribution >= 4 is 11.8 Å². The molecule has 2 amide bonds. The van der Waals surface area contributed by atoms with Gasteiger partial charge in [0.25, 0.3) is 0 Å². The molecule has 2 aliphatic rings. The first kappa shape index (κ1) is 15.3. The van der Waals surface area contributed by atoms with E-state index in [9.17, 15) is 9.59 Å². The fourth-order valence-corrected chi connectivity index (χ4v) is 3.09. The second-order valence-corrected chi connectivity index (χ2v) is 6.08. The maximum atomic E-state index is 12.2. The van der Waals surface area contributed by atoms with Gasteiger partial charge in [-0.1, -0.05) is 12.8 Å². The standard InChI is InChI=1S/C15H27N3O2/c1-12(17-15(20)13-5-2-3-6-13)11-14(19)18-9-4-7-16-8-10-18/h12-13,16H,2-11H2,1H3,(H,17,20). The summed E-state index contributed by atoms with van der Waals surface area (Å²) < 4.78 is 0. The summed E-state index contributed by atoms with van der Waals surface area (Å²) in [6, 6.07) is -0.0631. The molecule has 0 aromatic rings. The van der Waals surface area contributed by atoms with Gasteiger partial charge >= 0.3 is 0 Å². The molecule has 0 radical (unpaired) electrons. The number of carbonyl (C=O) groups excluding carboxylic acids is 2. The van der Waals surface area contributed by atoms with Crippen LogP contribution in [0.4, 0.5) is 0 Å². The molecule has 0 bridgehead atoms. The van der Waals surface area contributed by atoms with E-state index in [0.717, 1.165) is 58.3 Å². The Bertz CT molecular complexity index is 332. The molecule has 0 aromatic heterocycles. The Balaban J connectivity index is 1.73. The van der Waals surface area contributed by atoms with Gasteiger partial charge in [-0.3, -0.25) is 9.59 Å². The summed E-state index contributed by atoms with van der Waals surface area (Å²) in [5.41, 5.74) is 0. The Labute approximate surface area is 121 Å². The fourth-order valence-electron chi connectivity index (χ4n) is 3.09. The molecule has 1 atom stereocenters. The minimum absolute atomic E-state index is 0.0631. The van der Waals surface area contributed by atoms with Crippen LogP contribution in [0.15, 0.2) is 0 Å². The number of nitrogens with one attached hydrogen (secondary N) is 2. The van der Waals surface area contributed by atoms with Crippen LogP contribution < -0.4 is 10.6 Å². The van der Waals surface area contributed by atoms with Crippen LogP contribution in [0, 0.1) is 5.92 Å². The van der Waals surface area contributed by atoms with Crippen molar-refractivity contribution in [1.82, 2.24) is 15.5 Å². The van der Waals surface area contributed by atoms with Crippen LogP contribution in [0.25, 0.3) is 0 Å². The van der Waals surface area contributed by atoms with Crippen LogP contribution in [0.3, 0.4) is 0 Å². The molecule has 1 aliphatic carbocycles. The van der Waals surface area contributed by atoms with E-state index in [0.29, 0.717) is 6.42 Å². The van der Waals surface area contributed by atoms with Crippen LogP contribution >= 0.6 is 0 Å². The Morgan fingerprint density at radius 2 is 1.95 bits per heavy atom. The van der Waals surface area contributed by atoms with Gasteiger partial charge in [-0.05, 0) is 32.7 Å². The van der Waals surface area contributed by atoms with Crippen LogP contribution in [0.5, 0.6) is 0 Å². The predicted octanol–water partition coefficient (Wildman–Crippen LogP) is 0.893. The number of nitrogens with zero attached hydrogens (tertiary/aromatic N) is 1. The Morgan fingerprint density at radius 3 is 2.70 bits per heavy atom. The van der Waals surface area contributed by atoms with Crippen molar-refractivity contribution in [2.75, 3.05) is 26.2 Å². The molecule has 1 heterocycles. The van der Waals surface area contributed by atoms with E-state index in [2.05, 4.69) is 10.6 Å². The molecule has 20 heavy (non-hydrogen) atoms. The van der Waals surface area contributed by atoms with Crippen LogP contribution in [0.1, 0.15) is 45.4 Å². The van der Waals surface area contributed by atoms with Crippen molar-refractivity contribution < 1.29 is 9.59 Å². The highest BCUT2D eigenvalue weighted by molar-refractivity contribution is 5.81. The normalized spacial score (nSPS) is 22.4. The van der Waals surface area contributed by atoms with Gasteiger partial charge in [0, 0.05) is 38.0 Å². The minimum atomic E-state index is -0.0631.